The monoisotopic (exact) mass is 323 g/mol. The van der Waals surface area contributed by atoms with E-state index in [1.54, 1.807) is 0 Å². The zero-order chi connectivity index (χ0) is 16.7. The third-order valence-electron chi connectivity index (χ3n) is 5.46. The van der Waals surface area contributed by atoms with Crippen LogP contribution in [-0.4, -0.2) is 33.4 Å². The standard InChI is InChI=1S/C20H25N3O/c1-14-12-22(2)20(21-14)18-8-9-23(13-18)19(24)11-15-6-7-16-4-3-5-17(16)10-15/h6-7,10,12,18H,3-5,8-9,11,13H2,1-2H3/t18-/m1/s1. The molecular weight excluding hydrogens is 298 g/mol. The summed E-state index contributed by atoms with van der Waals surface area (Å²) in [6.45, 7) is 3.67. The van der Waals surface area contributed by atoms with Crippen molar-refractivity contribution in [2.45, 2.75) is 44.9 Å². The van der Waals surface area contributed by atoms with Gasteiger partial charge in [0, 0.05) is 32.3 Å². The van der Waals surface area contributed by atoms with E-state index in [0.29, 0.717) is 12.3 Å². The molecule has 1 atom stereocenters. The number of rotatable bonds is 3. The molecule has 1 amide bonds. The fourth-order valence-corrected chi connectivity index (χ4v) is 4.23. The lowest BCUT2D eigenvalue weighted by Crippen LogP contribution is -2.30. The number of carbonyl (C=O) groups is 1. The SMILES string of the molecule is Cc1cn(C)c([C@@H]2CCN(C(=O)Cc3ccc4c(c3)CCC4)C2)n1. The van der Waals surface area contributed by atoms with E-state index in [-0.39, 0.29) is 5.91 Å². The maximum absolute atomic E-state index is 12.7. The van der Waals surface area contributed by atoms with Gasteiger partial charge in [0.15, 0.2) is 0 Å². The van der Waals surface area contributed by atoms with Gasteiger partial charge < -0.3 is 9.47 Å². The Morgan fingerprint density at radius 3 is 2.92 bits per heavy atom. The van der Waals surface area contributed by atoms with Crippen molar-refractivity contribution in [1.29, 1.82) is 0 Å². The lowest BCUT2D eigenvalue weighted by molar-refractivity contribution is -0.129. The Balaban J connectivity index is 1.41. The molecule has 2 aliphatic rings. The first-order chi connectivity index (χ1) is 11.6. The molecule has 2 aromatic rings. The second-order valence-corrected chi connectivity index (χ2v) is 7.31. The molecular formula is C20H25N3O. The molecule has 1 fully saturated rings. The van der Waals surface area contributed by atoms with Crippen LogP contribution in [0.25, 0.3) is 0 Å². The summed E-state index contributed by atoms with van der Waals surface area (Å²) in [5.74, 6) is 1.73. The van der Waals surface area contributed by atoms with Crippen LogP contribution in [0.5, 0.6) is 0 Å². The van der Waals surface area contributed by atoms with E-state index in [1.165, 1.54) is 30.4 Å². The largest absolute Gasteiger partial charge is 0.342 e. The van der Waals surface area contributed by atoms with Crippen molar-refractivity contribution in [3.63, 3.8) is 0 Å². The van der Waals surface area contributed by atoms with Gasteiger partial charge in [-0.05, 0) is 49.3 Å². The topological polar surface area (TPSA) is 38.1 Å². The molecule has 1 aliphatic heterocycles. The minimum atomic E-state index is 0.251. The Morgan fingerprint density at radius 1 is 1.29 bits per heavy atom. The first-order valence-electron chi connectivity index (χ1n) is 8.98. The van der Waals surface area contributed by atoms with Crippen molar-refractivity contribution in [3.8, 4) is 0 Å². The zero-order valence-electron chi connectivity index (χ0n) is 14.6. The number of aryl methyl sites for hydroxylation is 4. The van der Waals surface area contributed by atoms with Crippen molar-refractivity contribution in [1.82, 2.24) is 14.5 Å². The van der Waals surface area contributed by atoms with Crippen LogP contribution < -0.4 is 0 Å². The van der Waals surface area contributed by atoms with Gasteiger partial charge in [0.2, 0.25) is 5.91 Å². The maximum Gasteiger partial charge on any atom is 0.227 e. The normalized spacial score (nSPS) is 19.8. The van der Waals surface area contributed by atoms with E-state index in [9.17, 15) is 4.79 Å². The van der Waals surface area contributed by atoms with Crippen LogP contribution in [0.1, 0.15) is 47.0 Å². The number of carbonyl (C=O) groups excluding carboxylic acids is 1. The maximum atomic E-state index is 12.7. The van der Waals surface area contributed by atoms with Crippen LogP contribution in [0.15, 0.2) is 24.4 Å². The highest BCUT2D eigenvalue weighted by Gasteiger charge is 2.29. The van der Waals surface area contributed by atoms with Gasteiger partial charge in [-0.15, -0.1) is 0 Å². The fourth-order valence-electron chi connectivity index (χ4n) is 4.23. The summed E-state index contributed by atoms with van der Waals surface area (Å²) in [7, 11) is 2.05. The Labute approximate surface area is 143 Å². The molecule has 0 radical (unpaired) electrons. The van der Waals surface area contributed by atoms with Crippen LogP contribution in [-0.2, 0) is 31.1 Å². The predicted octanol–water partition coefficient (Wildman–Crippen LogP) is 2.78. The predicted molar refractivity (Wildman–Crippen MR) is 94.1 cm³/mol. The van der Waals surface area contributed by atoms with Crippen LogP contribution in [0.4, 0.5) is 0 Å². The second-order valence-electron chi connectivity index (χ2n) is 7.31. The second kappa shape index (κ2) is 6.08. The third-order valence-corrected chi connectivity index (χ3v) is 5.46. The molecule has 1 aromatic carbocycles. The number of nitrogens with zero attached hydrogens (tertiary/aromatic N) is 3. The van der Waals surface area contributed by atoms with Crippen LogP contribution in [0.2, 0.25) is 0 Å². The van der Waals surface area contributed by atoms with Gasteiger partial charge in [0.05, 0.1) is 12.1 Å². The van der Waals surface area contributed by atoms with Gasteiger partial charge in [-0.25, -0.2) is 4.98 Å². The van der Waals surface area contributed by atoms with Gasteiger partial charge in [0.25, 0.3) is 0 Å². The highest BCUT2D eigenvalue weighted by Crippen LogP contribution is 2.27. The van der Waals surface area contributed by atoms with E-state index < -0.39 is 0 Å². The molecule has 4 heteroatoms. The van der Waals surface area contributed by atoms with Crippen molar-refractivity contribution < 1.29 is 4.79 Å². The molecule has 1 saturated heterocycles. The van der Waals surface area contributed by atoms with Gasteiger partial charge >= 0.3 is 0 Å². The van der Waals surface area contributed by atoms with E-state index in [1.807, 2.05) is 18.9 Å². The summed E-state index contributed by atoms with van der Waals surface area (Å²) >= 11 is 0. The van der Waals surface area contributed by atoms with E-state index in [4.69, 9.17) is 0 Å². The lowest BCUT2D eigenvalue weighted by Gasteiger charge is -2.17. The van der Waals surface area contributed by atoms with Crippen molar-refractivity contribution in [3.05, 3.63) is 52.6 Å². The molecule has 0 unspecified atom stereocenters. The van der Waals surface area contributed by atoms with Crippen LogP contribution in [0, 0.1) is 6.92 Å². The minimum Gasteiger partial charge on any atom is -0.342 e. The van der Waals surface area contributed by atoms with E-state index >= 15 is 0 Å². The number of benzene rings is 1. The number of aromatic nitrogens is 2. The fraction of sp³-hybridized carbons (Fsp3) is 0.500. The number of likely N-dealkylation sites (tertiary alicyclic amines) is 1. The quantitative estimate of drug-likeness (QED) is 0.871. The molecule has 4 nitrogen and oxygen atoms in total. The smallest absolute Gasteiger partial charge is 0.227 e. The Bertz CT molecular complexity index is 777. The molecule has 0 bridgehead atoms. The molecule has 0 N–H and O–H groups in total. The van der Waals surface area contributed by atoms with Gasteiger partial charge in [-0.2, -0.15) is 0 Å². The number of amides is 1. The molecule has 1 aliphatic carbocycles. The molecule has 126 valence electrons. The molecule has 0 spiro atoms. The van der Waals surface area contributed by atoms with E-state index in [0.717, 1.165) is 36.6 Å². The Kier molecular flexibility index (Phi) is 3.91. The average molecular weight is 323 g/mol. The van der Waals surface area contributed by atoms with Gasteiger partial charge in [-0.1, -0.05) is 18.2 Å². The molecule has 2 heterocycles. The number of hydrogen-bond donors (Lipinski definition) is 0. The highest BCUT2D eigenvalue weighted by molar-refractivity contribution is 5.79. The molecule has 0 saturated carbocycles. The van der Waals surface area contributed by atoms with Gasteiger partial charge in [0.1, 0.15) is 5.82 Å². The highest BCUT2D eigenvalue weighted by atomic mass is 16.2. The molecule has 4 rings (SSSR count). The summed E-state index contributed by atoms with van der Waals surface area (Å²) in [6.07, 6.45) is 7.22. The van der Waals surface area contributed by atoms with Crippen molar-refractivity contribution in [2.24, 2.45) is 7.05 Å². The Morgan fingerprint density at radius 2 is 2.12 bits per heavy atom. The first kappa shape index (κ1) is 15.4. The minimum absolute atomic E-state index is 0.251. The lowest BCUT2D eigenvalue weighted by atomic mass is 10.0. The summed E-state index contributed by atoms with van der Waals surface area (Å²) in [5, 5.41) is 0. The number of fused-ring (bicyclic) bond motifs is 1. The van der Waals surface area contributed by atoms with Crippen molar-refractivity contribution >= 4 is 5.91 Å². The number of hydrogen-bond acceptors (Lipinski definition) is 2. The Hall–Kier alpha value is -2.10. The number of imidazole rings is 1. The molecule has 1 aromatic heterocycles. The van der Waals surface area contributed by atoms with Crippen LogP contribution in [0.3, 0.4) is 0 Å². The summed E-state index contributed by atoms with van der Waals surface area (Å²) in [6, 6.07) is 6.60. The summed E-state index contributed by atoms with van der Waals surface area (Å²) in [5.41, 5.74) is 5.13. The third kappa shape index (κ3) is 2.85. The summed E-state index contributed by atoms with van der Waals surface area (Å²) < 4.78 is 2.11. The first-order valence-corrected chi connectivity index (χ1v) is 8.98. The summed E-state index contributed by atoms with van der Waals surface area (Å²) in [4.78, 5) is 19.3. The zero-order valence-corrected chi connectivity index (χ0v) is 14.6. The van der Waals surface area contributed by atoms with Crippen LogP contribution >= 0.6 is 0 Å². The van der Waals surface area contributed by atoms with E-state index in [2.05, 4.69) is 33.9 Å². The van der Waals surface area contributed by atoms with Gasteiger partial charge in [-0.3, -0.25) is 4.79 Å². The average Bonchev–Trinajstić information content (AvgIpc) is 3.26. The van der Waals surface area contributed by atoms with Crippen molar-refractivity contribution in [2.75, 3.05) is 13.1 Å². The molecule has 24 heavy (non-hydrogen) atoms.